The molecule has 0 bridgehead atoms. The van der Waals surface area contributed by atoms with Gasteiger partial charge in [0, 0.05) is 13.1 Å². The third-order valence-corrected chi connectivity index (χ3v) is 3.73. The van der Waals surface area contributed by atoms with Gasteiger partial charge in [-0.25, -0.2) is 0 Å². The van der Waals surface area contributed by atoms with Gasteiger partial charge in [0.2, 0.25) is 0 Å². The molecular formula is C20H22N2O3. The van der Waals surface area contributed by atoms with Crippen LogP contribution in [0.5, 0.6) is 11.5 Å². The molecule has 0 aliphatic carbocycles. The van der Waals surface area contributed by atoms with E-state index in [1.807, 2.05) is 49.4 Å². The predicted molar refractivity (Wildman–Crippen MR) is 95.3 cm³/mol. The van der Waals surface area contributed by atoms with Crippen molar-refractivity contribution in [3.63, 3.8) is 0 Å². The molecule has 0 aliphatic heterocycles. The number of methoxy groups -OCH3 is 1. The van der Waals surface area contributed by atoms with Gasteiger partial charge in [-0.3, -0.25) is 4.79 Å². The van der Waals surface area contributed by atoms with Gasteiger partial charge in [-0.05, 0) is 30.2 Å². The molecule has 0 saturated heterocycles. The Kier molecular flexibility index (Phi) is 6.85. The molecule has 0 aromatic heterocycles. The van der Waals surface area contributed by atoms with Crippen molar-refractivity contribution in [1.29, 1.82) is 5.26 Å². The fraction of sp³-hybridized carbons (Fsp3) is 0.300. The van der Waals surface area contributed by atoms with E-state index < -0.39 is 0 Å². The number of amides is 1. The average Bonchev–Trinajstić information content (AvgIpc) is 2.64. The molecule has 0 saturated carbocycles. The second-order valence-corrected chi connectivity index (χ2v) is 5.65. The summed E-state index contributed by atoms with van der Waals surface area (Å²) >= 11 is 0. The monoisotopic (exact) mass is 338 g/mol. The highest BCUT2D eigenvalue weighted by Gasteiger charge is 2.15. The Balaban J connectivity index is 2.03. The summed E-state index contributed by atoms with van der Waals surface area (Å²) in [6, 6.07) is 17.3. The normalized spacial score (nSPS) is 9.96. The first-order valence-corrected chi connectivity index (χ1v) is 8.10. The van der Waals surface area contributed by atoms with Crippen LogP contribution in [0.15, 0.2) is 48.5 Å². The first kappa shape index (κ1) is 18.3. The number of ether oxygens (including phenoxy) is 2. The zero-order valence-electron chi connectivity index (χ0n) is 14.6. The maximum atomic E-state index is 12.5. The lowest BCUT2D eigenvalue weighted by atomic mass is 10.2. The minimum atomic E-state index is -0.165. The molecule has 5 heteroatoms. The lowest BCUT2D eigenvalue weighted by Gasteiger charge is -2.22. The summed E-state index contributed by atoms with van der Waals surface area (Å²) in [6.07, 6.45) is 0.284. The lowest BCUT2D eigenvalue weighted by molar-refractivity contribution is -0.134. The van der Waals surface area contributed by atoms with Crippen molar-refractivity contribution in [2.75, 3.05) is 20.3 Å². The largest absolute Gasteiger partial charge is 0.493 e. The molecule has 0 unspecified atom stereocenters. The second kappa shape index (κ2) is 9.33. The van der Waals surface area contributed by atoms with Crippen molar-refractivity contribution in [2.45, 2.75) is 19.9 Å². The van der Waals surface area contributed by atoms with Crippen molar-refractivity contribution in [3.8, 4) is 17.6 Å². The third kappa shape index (κ3) is 5.54. The molecule has 130 valence electrons. The van der Waals surface area contributed by atoms with Gasteiger partial charge in [0.15, 0.2) is 18.1 Å². The first-order valence-electron chi connectivity index (χ1n) is 8.10. The number of hydrogen-bond donors (Lipinski definition) is 0. The van der Waals surface area contributed by atoms with Gasteiger partial charge in [-0.2, -0.15) is 5.26 Å². The summed E-state index contributed by atoms with van der Waals surface area (Å²) in [5.74, 6) is 0.961. The van der Waals surface area contributed by atoms with E-state index in [1.54, 1.807) is 18.1 Å². The molecule has 0 heterocycles. The number of nitriles is 1. The SMILES string of the molecule is COc1cc(C)ccc1OCC(=O)N(CCC#N)Cc1ccccc1. The maximum absolute atomic E-state index is 12.5. The van der Waals surface area contributed by atoms with Crippen LogP contribution in [-0.4, -0.2) is 31.1 Å². The fourth-order valence-electron chi connectivity index (χ4n) is 2.41. The standard InChI is InChI=1S/C20H22N2O3/c1-16-9-10-18(19(13-16)24-2)25-15-20(23)22(12-6-11-21)14-17-7-4-3-5-8-17/h3-5,7-10,13H,6,12,14-15H2,1-2H3. The summed E-state index contributed by atoms with van der Waals surface area (Å²) in [5, 5.41) is 8.83. The molecule has 0 atom stereocenters. The van der Waals surface area contributed by atoms with Gasteiger partial charge >= 0.3 is 0 Å². The van der Waals surface area contributed by atoms with E-state index in [-0.39, 0.29) is 18.9 Å². The van der Waals surface area contributed by atoms with E-state index in [0.29, 0.717) is 24.6 Å². The van der Waals surface area contributed by atoms with Crippen LogP contribution in [0, 0.1) is 18.3 Å². The molecule has 0 aliphatic rings. The predicted octanol–water partition coefficient (Wildman–Crippen LogP) is 3.32. The van der Waals surface area contributed by atoms with Gasteiger partial charge in [0.25, 0.3) is 5.91 Å². The number of nitrogens with zero attached hydrogens (tertiary/aromatic N) is 2. The summed E-state index contributed by atoms with van der Waals surface area (Å²) in [7, 11) is 1.57. The topological polar surface area (TPSA) is 62.6 Å². The maximum Gasteiger partial charge on any atom is 0.260 e. The minimum absolute atomic E-state index is 0.0995. The van der Waals surface area contributed by atoms with E-state index in [4.69, 9.17) is 14.7 Å². The fourth-order valence-corrected chi connectivity index (χ4v) is 2.41. The number of rotatable bonds is 8. The number of carbonyl (C=O) groups is 1. The number of benzene rings is 2. The van der Waals surface area contributed by atoms with Crippen LogP contribution in [0.3, 0.4) is 0 Å². The van der Waals surface area contributed by atoms with Crippen LogP contribution in [-0.2, 0) is 11.3 Å². The highest BCUT2D eigenvalue weighted by molar-refractivity contribution is 5.78. The van der Waals surface area contributed by atoms with Gasteiger partial charge in [0.1, 0.15) is 0 Å². The number of hydrogen-bond acceptors (Lipinski definition) is 4. The van der Waals surface area contributed by atoms with Crippen molar-refractivity contribution in [3.05, 3.63) is 59.7 Å². The highest BCUT2D eigenvalue weighted by Crippen LogP contribution is 2.27. The van der Waals surface area contributed by atoms with Crippen molar-refractivity contribution >= 4 is 5.91 Å². The Morgan fingerprint density at radius 1 is 1.16 bits per heavy atom. The molecule has 2 rings (SSSR count). The summed E-state index contributed by atoms with van der Waals surface area (Å²) in [4.78, 5) is 14.2. The quantitative estimate of drug-likeness (QED) is 0.741. The molecule has 2 aromatic carbocycles. The lowest BCUT2D eigenvalue weighted by Crippen LogP contribution is -2.35. The Labute approximate surface area is 148 Å². The summed E-state index contributed by atoms with van der Waals surface area (Å²) in [5.41, 5.74) is 2.07. The second-order valence-electron chi connectivity index (χ2n) is 5.65. The molecule has 5 nitrogen and oxygen atoms in total. The minimum Gasteiger partial charge on any atom is -0.493 e. The van der Waals surface area contributed by atoms with Gasteiger partial charge in [-0.1, -0.05) is 36.4 Å². The van der Waals surface area contributed by atoms with E-state index in [9.17, 15) is 4.79 Å². The number of aryl methyl sites for hydroxylation is 1. The Morgan fingerprint density at radius 2 is 1.92 bits per heavy atom. The molecule has 2 aromatic rings. The zero-order chi connectivity index (χ0) is 18.1. The van der Waals surface area contributed by atoms with Gasteiger partial charge in [0.05, 0.1) is 19.6 Å². The molecule has 0 radical (unpaired) electrons. The van der Waals surface area contributed by atoms with Crippen molar-refractivity contribution < 1.29 is 14.3 Å². The van der Waals surface area contributed by atoms with Crippen molar-refractivity contribution in [1.82, 2.24) is 4.90 Å². The van der Waals surface area contributed by atoms with Crippen LogP contribution in [0.2, 0.25) is 0 Å². The first-order chi connectivity index (χ1) is 12.1. The van der Waals surface area contributed by atoms with E-state index in [2.05, 4.69) is 6.07 Å². The van der Waals surface area contributed by atoms with Crippen molar-refractivity contribution in [2.24, 2.45) is 0 Å². The Bertz CT molecular complexity index is 738. The smallest absolute Gasteiger partial charge is 0.260 e. The Hall–Kier alpha value is -3.00. The van der Waals surface area contributed by atoms with E-state index >= 15 is 0 Å². The molecular weight excluding hydrogens is 316 g/mol. The van der Waals surface area contributed by atoms with Crippen LogP contribution < -0.4 is 9.47 Å². The molecule has 0 N–H and O–H groups in total. The Morgan fingerprint density at radius 3 is 2.60 bits per heavy atom. The third-order valence-electron chi connectivity index (χ3n) is 3.73. The summed E-state index contributed by atoms with van der Waals surface area (Å²) < 4.78 is 10.9. The van der Waals surface area contributed by atoms with Gasteiger partial charge < -0.3 is 14.4 Å². The molecule has 25 heavy (non-hydrogen) atoms. The average molecular weight is 338 g/mol. The van der Waals surface area contributed by atoms with E-state index in [0.717, 1.165) is 11.1 Å². The zero-order valence-corrected chi connectivity index (χ0v) is 14.6. The van der Waals surface area contributed by atoms with Crippen LogP contribution in [0.25, 0.3) is 0 Å². The van der Waals surface area contributed by atoms with Crippen LogP contribution in [0.1, 0.15) is 17.5 Å². The molecule has 0 spiro atoms. The number of carbonyl (C=O) groups excluding carboxylic acids is 1. The van der Waals surface area contributed by atoms with Crippen LogP contribution in [0.4, 0.5) is 0 Å². The summed E-state index contributed by atoms with van der Waals surface area (Å²) in [6.45, 7) is 2.69. The highest BCUT2D eigenvalue weighted by atomic mass is 16.5. The van der Waals surface area contributed by atoms with E-state index in [1.165, 1.54) is 0 Å². The molecule has 0 fully saturated rings. The van der Waals surface area contributed by atoms with Gasteiger partial charge in [-0.15, -0.1) is 0 Å². The van der Waals surface area contributed by atoms with Crippen LogP contribution >= 0.6 is 0 Å². The molecule has 1 amide bonds.